The molecule has 2 heterocycles. The highest BCUT2D eigenvalue weighted by Gasteiger charge is 2.36. The molecule has 4 rings (SSSR count). The fourth-order valence-electron chi connectivity index (χ4n) is 4.38. The molecule has 0 N–H and O–H groups in total. The molecule has 0 bridgehead atoms. The van der Waals surface area contributed by atoms with Gasteiger partial charge in [0.1, 0.15) is 12.4 Å². The van der Waals surface area contributed by atoms with Gasteiger partial charge in [-0.2, -0.15) is 10.4 Å². The standard InChI is InChI=1S/C24H26ClFN4O/c1-17(22-14-20(25)13-18-15-30(12-9-27)28-23(18)22)31-16-24(7-10-29(2)11-8-24)19-3-5-21(26)6-4-19/h3-6,13-15,17H,7-8,10-12,16H2,1-2H3. The second kappa shape index (κ2) is 8.96. The normalized spacial score (nSPS) is 17.5. The summed E-state index contributed by atoms with van der Waals surface area (Å²) in [5.41, 5.74) is 2.66. The molecule has 1 saturated heterocycles. The van der Waals surface area contributed by atoms with Gasteiger partial charge in [-0.3, -0.25) is 4.68 Å². The van der Waals surface area contributed by atoms with Crippen molar-refractivity contribution in [1.29, 1.82) is 5.26 Å². The molecule has 0 spiro atoms. The summed E-state index contributed by atoms with van der Waals surface area (Å²) in [6, 6.07) is 12.7. The Morgan fingerprint density at radius 3 is 2.65 bits per heavy atom. The van der Waals surface area contributed by atoms with Crippen LogP contribution in [0.3, 0.4) is 0 Å². The summed E-state index contributed by atoms with van der Waals surface area (Å²) in [5.74, 6) is -0.226. The Morgan fingerprint density at radius 1 is 1.26 bits per heavy atom. The van der Waals surface area contributed by atoms with Gasteiger partial charge in [-0.15, -0.1) is 0 Å². The maximum atomic E-state index is 13.5. The van der Waals surface area contributed by atoms with E-state index in [9.17, 15) is 4.39 Å². The number of ether oxygens (including phenoxy) is 1. The van der Waals surface area contributed by atoms with Crippen LogP contribution < -0.4 is 0 Å². The summed E-state index contributed by atoms with van der Waals surface area (Å²) in [6.45, 7) is 4.65. The van der Waals surface area contributed by atoms with Gasteiger partial charge in [0.05, 0.1) is 24.3 Å². The Balaban J connectivity index is 1.60. The van der Waals surface area contributed by atoms with Crippen LogP contribution in [0, 0.1) is 17.1 Å². The summed E-state index contributed by atoms with van der Waals surface area (Å²) in [7, 11) is 2.12. The average Bonchev–Trinajstić information content (AvgIpc) is 3.16. The monoisotopic (exact) mass is 440 g/mol. The quantitative estimate of drug-likeness (QED) is 0.535. The van der Waals surface area contributed by atoms with Gasteiger partial charge in [-0.05, 0) is 69.7 Å². The van der Waals surface area contributed by atoms with Crippen LogP contribution in [0.25, 0.3) is 10.9 Å². The number of nitrogens with zero attached hydrogens (tertiary/aromatic N) is 4. The molecule has 162 valence electrons. The molecule has 7 heteroatoms. The molecule has 1 atom stereocenters. The number of aromatic nitrogens is 2. The SMILES string of the molecule is CC(OCC1(c2ccc(F)cc2)CCN(C)CC1)c1cc(Cl)cc2cn(CC#N)nc12. The van der Waals surface area contributed by atoms with E-state index in [1.807, 2.05) is 37.4 Å². The van der Waals surface area contributed by atoms with Crippen molar-refractivity contribution in [2.75, 3.05) is 26.7 Å². The third-order valence-corrected chi connectivity index (χ3v) is 6.55. The van der Waals surface area contributed by atoms with Crippen LogP contribution in [-0.4, -0.2) is 41.4 Å². The zero-order valence-electron chi connectivity index (χ0n) is 17.8. The molecule has 1 fully saturated rings. The van der Waals surface area contributed by atoms with E-state index >= 15 is 0 Å². The molecule has 0 amide bonds. The Kier molecular flexibility index (Phi) is 6.29. The molecule has 31 heavy (non-hydrogen) atoms. The van der Waals surface area contributed by atoms with Crippen LogP contribution in [-0.2, 0) is 16.7 Å². The topological polar surface area (TPSA) is 54.1 Å². The van der Waals surface area contributed by atoms with Gasteiger partial charge in [0.25, 0.3) is 0 Å². The van der Waals surface area contributed by atoms with E-state index in [0.29, 0.717) is 11.6 Å². The van der Waals surface area contributed by atoms with Crippen molar-refractivity contribution in [3.05, 3.63) is 64.6 Å². The highest BCUT2D eigenvalue weighted by atomic mass is 35.5. The maximum absolute atomic E-state index is 13.5. The van der Waals surface area contributed by atoms with Crippen LogP contribution in [0.4, 0.5) is 4.39 Å². The smallest absolute Gasteiger partial charge is 0.128 e. The summed E-state index contributed by atoms with van der Waals surface area (Å²) < 4.78 is 21.6. The first-order valence-electron chi connectivity index (χ1n) is 10.5. The van der Waals surface area contributed by atoms with Crippen molar-refractivity contribution in [3.63, 3.8) is 0 Å². The lowest BCUT2D eigenvalue weighted by atomic mass is 9.73. The second-order valence-corrected chi connectivity index (χ2v) is 8.90. The maximum Gasteiger partial charge on any atom is 0.128 e. The number of hydrogen-bond donors (Lipinski definition) is 0. The number of fused-ring (bicyclic) bond motifs is 1. The lowest BCUT2D eigenvalue weighted by Crippen LogP contribution is -2.44. The molecule has 1 unspecified atom stereocenters. The highest BCUT2D eigenvalue weighted by Crippen LogP contribution is 2.38. The largest absolute Gasteiger partial charge is 0.373 e. The Labute approximate surface area is 187 Å². The predicted molar refractivity (Wildman–Crippen MR) is 120 cm³/mol. The van der Waals surface area contributed by atoms with Crippen LogP contribution >= 0.6 is 11.6 Å². The van der Waals surface area contributed by atoms with Crippen molar-refractivity contribution in [1.82, 2.24) is 14.7 Å². The molecular formula is C24H26ClFN4O. The Morgan fingerprint density at radius 2 is 1.97 bits per heavy atom. The number of benzene rings is 2. The number of piperidine rings is 1. The van der Waals surface area contributed by atoms with E-state index in [1.165, 1.54) is 12.1 Å². The van der Waals surface area contributed by atoms with Crippen molar-refractivity contribution in [2.45, 2.75) is 37.8 Å². The van der Waals surface area contributed by atoms with Crippen molar-refractivity contribution >= 4 is 22.5 Å². The van der Waals surface area contributed by atoms with Crippen molar-refractivity contribution in [3.8, 4) is 6.07 Å². The van der Waals surface area contributed by atoms with Crippen LogP contribution in [0.15, 0.2) is 42.6 Å². The minimum absolute atomic E-state index is 0.160. The average molecular weight is 441 g/mol. The van der Waals surface area contributed by atoms with E-state index in [4.69, 9.17) is 21.6 Å². The molecule has 5 nitrogen and oxygen atoms in total. The number of rotatable bonds is 6. The van der Waals surface area contributed by atoms with E-state index in [2.05, 4.69) is 23.1 Å². The molecule has 0 radical (unpaired) electrons. The number of likely N-dealkylation sites (tertiary alicyclic amines) is 1. The van der Waals surface area contributed by atoms with Gasteiger partial charge in [0.2, 0.25) is 0 Å². The Bertz CT molecular complexity index is 1100. The fourth-order valence-corrected chi connectivity index (χ4v) is 4.61. The molecular weight excluding hydrogens is 415 g/mol. The molecule has 1 aliphatic heterocycles. The van der Waals surface area contributed by atoms with E-state index in [1.54, 1.807) is 4.68 Å². The molecule has 1 aliphatic rings. The first-order valence-corrected chi connectivity index (χ1v) is 10.9. The molecule has 3 aromatic rings. The van der Waals surface area contributed by atoms with Crippen LogP contribution in [0.5, 0.6) is 0 Å². The summed E-state index contributed by atoms with van der Waals surface area (Å²) in [4.78, 5) is 2.31. The van der Waals surface area contributed by atoms with Gasteiger partial charge in [-0.1, -0.05) is 23.7 Å². The van der Waals surface area contributed by atoms with Crippen LogP contribution in [0.1, 0.15) is 37.0 Å². The highest BCUT2D eigenvalue weighted by molar-refractivity contribution is 6.31. The van der Waals surface area contributed by atoms with Gasteiger partial charge >= 0.3 is 0 Å². The van der Waals surface area contributed by atoms with Gasteiger partial charge in [0, 0.05) is 27.6 Å². The van der Waals surface area contributed by atoms with Gasteiger partial charge in [0.15, 0.2) is 0 Å². The Hall–Kier alpha value is -2.46. The van der Waals surface area contributed by atoms with E-state index in [0.717, 1.165) is 48.0 Å². The summed E-state index contributed by atoms with van der Waals surface area (Å²) in [5, 5.41) is 15.1. The van der Waals surface area contributed by atoms with Crippen LogP contribution in [0.2, 0.25) is 5.02 Å². The first-order chi connectivity index (χ1) is 14.9. The predicted octanol–water partition coefficient (Wildman–Crippen LogP) is 5.09. The third kappa shape index (κ3) is 4.59. The summed E-state index contributed by atoms with van der Waals surface area (Å²) >= 11 is 6.36. The molecule has 1 aromatic heterocycles. The minimum atomic E-state index is -0.233. The lowest BCUT2D eigenvalue weighted by molar-refractivity contribution is 0.00696. The minimum Gasteiger partial charge on any atom is -0.373 e. The zero-order valence-corrected chi connectivity index (χ0v) is 18.6. The van der Waals surface area contributed by atoms with Gasteiger partial charge < -0.3 is 9.64 Å². The number of hydrogen-bond acceptors (Lipinski definition) is 4. The van der Waals surface area contributed by atoms with E-state index in [-0.39, 0.29) is 23.9 Å². The molecule has 2 aromatic carbocycles. The van der Waals surface area contributed by atoms with Gasteiger partial charge in [-0.25, -0.2) is 4.39 Å². The third-order valence-electron chi connectivity index (χ3n) is 6.33. The van der Waals surface area contributed by atoms with E-state index < -0.39 is 0 Å². The zero-order chi connectivity index (χ0) is 22.0. The fraction of sp³-hybridized carbons (Fsp3) is 0.417. The molecule has 0 saturated carbocycles. The lowest BCUT2D eigenvalue weighted by Gasteiger charge is -2.41. The molecule has 0 aliphatic carbocycles. The van der Waals surface area contributed by atoms with Crippen molar-refractivity contribution in [2.24, 2.45) is 0 Å². The second-order valence-electron chi connectivity index (χ2n) is 8.46. The first kappa shape index (κ1) is 21.8. The number of nitriles is 1. The van der Waals surface area contributed by atoms with Crippen molar-refractivity contribution < 1.29 is 9.13 Å². The summed E-state index contributed by atoms with van der Waals surface area (Å²) in [6.07, 6.45) is 3.49. The number of halogens is 2.